The number of carbonyl (C=O) groups is 1. The number of pyridine rings is 2. The van der Waals surface area contributed by atoms with Crippen LogP contribution >= 0.6 is 0 Å². The third kappa shape index (κ3) is 4.89. The lowest BCUT2D eigenvalue weighted by Gasteiger charge is -2.29. The SMILES string of the molecule is Cc1cc2nc(NS(C)(=O)=O)ccc2c(-c2ccc3c4c(ccnc24)CCO3)c1[C@H](OC(C)(C)C)C(=O)O. The molecule has 1 aliphatic rings. The Morgan fingerprint density at radius 3 is 2.63 bits per heavy atom. The molecule has 0 aliphatic carbocycles. The summed E-state index contributed by atoms with van der Waals surface area (Å²) < 4.78 is 38.1. The molecule has 0 unspecified atom stereocenters. The Hall–Kier alpha value is -3.76. The van der Waals surface area contributed by atoms with Crippen LogP contribution in [-0.2, 0) is 26.0 Å². The molecule has 0 spiro atoms. The topological polar surface area (TPSA) is 128 Å². The predicted octanol–water partition coefficient (Wildman–Crippen LogP) is 5.01. The van der Waals surface area contributed by atoms with E-state index >= 15 is 0 Å². The number of nitrogens with one attached hydrogen (secondary N) is 1. The lowest BCUT2D eigenvalue weighted by Crippen LogP contribution is -2.28. The Balaban J connectivity index is 1.88. The second-order valence-electron chi connectivity index (χ2n) is 10.5. The number of aryl methyl sites for hydroxylation is 1. The maximum Gasteiger partial charge on any atom is 0.337 e. The molecule has 5 rings (SSSR count). The second kappa shape index (κ2) is 9.21. The summed E-state index contributed by atoms with van der Waals surface area (Å²) in [6, 6.07) is 10.8. The van der Waals surface area contributed by atoms with Gasteiger partial charge in [-0.25, -0.2) is 18.2 Å². The van der Waals surface area contributed by atoms with Gasteiger partial charge in [-0.05, 0) is 80.8 Å². The normalized spacial score (nSPS) is 14.3. The molecule has 10 heteroatoms. The molecule has 198 valence electrons. The summed E-state index contributed by atoms with van der Waals surface area (Å²) >= 11 is 0. The molecular weight excluding hydrogens is 506 g/mol. The summed E-state index contributed by atoms with van der Waals surface area (Å²) in [4.78, 5) is 21.9. The number of benzene rings is 2. The van der Waals surface area contributed by atoms with Gasteiger partial charge in [0.2, 0.25) is 10.0 Å². The van der Waals surface area contributed by atoms with Crippen LogP contribution in [0.4, 0.5) is 5.82 Å². The molecule has 4 aromatic rings. The average Bonchev–Trinajstić information content (AvgIpc) is 2.81. The fraction of sp³-hybridized carbons (Fsp3) is 0.321. The zero-order valence-electron chi connectivity index (χ0n) is 21.8. The van der Waals surface area contributed by atoms with Crippen LogP contribution in [0.3, 0.4) is 0 Å². The van der Waals surface area contributed by atoms with Gasteiger partial charge in [0, 0.05) is 34.5 Å². The first kappa shape index (κ1) is 25.9. The van der Waals surface area contributed by atoms with E-state index in [2.05, 4.69) is 9.71 Å². The number of rotatable bonds is 6. The standard InChI is InChI=1S/C28H29N3O6S/c1-15-14-19-17(7-9-21(30-19)31-38(5,34)35)24(22(15)26(27(32)33)37-28(2,3)4)18-6-8-20-23-16(11-13-36-20)10-12-29-25(18)23/h6-10,12,14,26H,11,13H2,1-5H3,(H,30,31)(H,32,33)/t26-/m0/s1. The summed E-state index contributed by atoms with van der Waals surface area (Å²) in [7, 11) is -3.54. The molecule has 0 amide bonds. The van der Waals surface area contributed by atoms with Gasteiger partial charge in [-0.2, -0.15) is 0 Å². The first-order valence-corrected chi connectivity index (χ1v) is 14.1. The zero-order valence-corrected chi connectivity index (χ0v) is 22.6. The molecule has 2 N–H and O–H groups in total. The molecule has 0 saturated heterocycles. The number of sulfonamides is 1. The van der Waals surface area contributed by atoms with E-state index in [1.807, 2.05) is 39.0 Å². The minimum Gasteiger partial charge on any atom is -0.493 e. The van der Waals surface area contributed by atoms with Crippen molar-refractivity contribution < 1.29 is 27.8 Å². The minimum absolute atomic E-state index is 0.169. The Morgan fingerprint density at radius 1 is 1.18 bits per heavy atom. The van der Waals surface area contributed by atoms with Gasteiger partial charge in [0.1, 0.15) is 11.6 Å². The van der Waals surface area contributed by atoms with Gasteiger partial charge >= 0.3 is 5.97 Å². The number of carboxylic acids is 1. The van der Waals surface area contributed by atoms with Crippen LogP contribution in [0.5, 0.6) is 5.75 Å². The van der Waals surface area contributed by atoms with E-state index in [1.54, 1.807) is 31.3 Å². The highest BCUT2D eigenvalue weighted by molar-refractivity contribution is 7.92. The van der Waals surface area contributed by atoms with Gasteiger partial charge in [-0.1, -0.05) is 0 Å². The number of hydrogen-bond donors (Lipinski definition) is 2. The van der Waals surface area contributed by atoms with Crippen LogP contribution in [-0.4, -0.2) is 47.9 Å². The molecule has 9 nitrogen and oxygen atoms in total. The van der Waals surface area contributed by atoms with E-state index in [1.165, 1.54) is 0 Å². The Morgan fingerprint density at radius 2 is 1.95 bits per heavy atom. The van der Waals surface area contributed by atoms with Crippen molar-refractivity contribution in [3.8, 4) is 16.9 Å². The summed E-state index contributed by atoms with van der Waals surface area (Å²) in [5.74, 6) is -0.219. The van der Waals surface area contributed by atoms with Gasteiger partial charge in [-0.3, -0.25) is 9.71 Å². The molecule has 38 heavy (non-hydrogen) atoms. The summed E-state index contributed by atoms with van der Waals surface area (Å²) in [5, 5.41) is 11.9. The van der Waals surface area contributed by atoms with Gasteiger partial charge < -0.3 is 14.6 Å². The molecule has 1 atom stereocenters. The van der Waals surface area contributed by atoms with E-state index in [0.717, 1.165) is 29.4 Å². The number of aromatic nitrogens is 2. The number of carboxylic acid groups (broad SMARTS) is 1. The number of fused-ring (bicyclic) bond motifs is 1. The van der Waals surface area contributed by atoms with Crippen LogP contribution in [0.15, 0.2) is 42.6 Å². The first-order chi connectivity index (χ1) is 17.8. The highest BCUT2D eigenvalue weighted by atomic mass is 32.2. The monoisotopic (exact) mass is 535 g/mol. The smallest absolute Gasteiger partial charge is 0.337 e. The van der Waals surface area contributed by atoms with E-state index < -0.39 is 27.7 Å². The van der Waals surface area contributed by atoms with Gasteiger partial charge in [-0.15, -0.1) is 0 Å². The lowest BCUT2D eigenvalue weighted by molar-refractivity contribution is -0.160. The van der Waals surface area contributed by atoms with Gasteiger partial charge in [0.05, 0.1) is 29.5 Å². The van der Waals surface area contributed by atoms with Crippen LogP contribution in [0.2, 0.25) is 0 Å². The molecule has 0 fully saturated rings. The van der Waals surface area contributed by atoms with Gasteiger partial charge in [0.25, 0.3) is 0 Å². The highest BCUT2D eigenvalue weighted by Crippen LogP contribution is 2.45. The third-order valence-corrected chi connectivity index (χ3v) is 6.91. The third-order valence-electron chi connectivity index (χ3n) is 6.33. The van der Waals surface area contributed by atoms with Crippen molar-refractivity contribution in [3.63, 3.8) is 0 Å². The lowest BCUT2D eigenvalue weighted by atomic mass is 9.86. The molecule has 1 aliphatic heterocycles. The number of nitrogens with zero attached hydrogens (tertiary/aromatic N) is 2. The molecule has 0 radical (unpaired) electrons. The van der Waals surface area contributed by atoms with Crippen LogP contribution < -0.4 is 9.46 Å². The molecule has 0 bridgehead atoms. The number of anilines is 1. The van der Waals surface area contributed by atoms with Crippen LogP contribution in [0, 0.1) is 6.92 Å². The van der Waals surface area contributed by atoms with E-state index in [4.69, 9.17) is 14.5 Å². The highest BCUT2D eigenvalue weighted by Gasteiger charge is 2.33. The van der Waals surface area contributed by atoms with Crippen molar-refractivity contribution in [1.82, 2.24) is 9.97 Å². The fourth-order valence-electron chi connectivity index (χ4n) is 4.99. The van der Waals surface area contributed by atoms with E-state index in [0.29, 0.717) is 45.3 Å². The molecule has 0 saturated carbocycles. The van der Waals surface area contributed by atoms with E-state index in [9.17, 15) is 18.3 Å². The van der Waals surface area contributed by atoms with Crippen molar-refractivity contribution in [2.24, 2.45) is 0 Å². The Labute approximate surface area is 220 Å². The van der Waals surface area contributed by atoms with Crippen molar-refractivity contribution in [2.75, 3.05) is 17.6 Å². The van der Waals surface area contributed by atoms with Crippen molar-refractivity contribution in [3.05, 3.63) is 59.3 Å². The zero-order chi connectivity index (χ0) is 27.4. The maximum atomic E-state index is 12.6. The predicted molar refractivity (Wildman–Crippen MR) is 146 cm³/mol. The number of aliphatic carboxylic acids is 1. The van der Waals surface area contributed by atoms with Crippen LogP contribution in [0.1, 0.15) is 43.6 Å². The fourth-order valence-corrected chi connectivity index (χ4v) is 5.48. The molecular formula is C28H29N3O6S. The Kier molecular flexibility index (Phi) is 6.27. The van der Waals surface area contributed by atoms with Crippen LogP contribution in [0.25, 0.3) is 32.9 Å². The summed E-state index contributed by atoms with van der Waals surface area (Å²) in [5.41, 5.74) is 4.03. The maximum absolute atomic E-state index is 12.6. The largest absolute Gasteiger partial charge is 0.493 e. The summed E-state index contributed by atoms with van der Waals surface area (Å²) in [6.45, 7) is 7.81. The van der Waals surface area contributed by atoms with Crippen molar-refractivity contribution in [2.45, 2.75) is 45.8 Å². The number of ether oxygens (including phenoxy) is 2. The van der Waals surface area contributed by atoms with E-state index in [-0.39, 0.29) is 5.82 Å². The summed E-state index contributed by atoms with van der Waals surface area (Å²) in [6.07, 6.45) is 2.28. The first-order valence-electron chi connectivity index (χ1n) is 12.2. The van der Waals surface area contributed by atoms with Crippen molar-refractivity contribution in [1.29, 1.82) is 0 Å². The van der Waals surface area contributed by atoms with Gasteiger partial charge in [0.15, 0.2) is 6.10 Å². The average molecular weight is 536 g/mol. The quantitative estimate of drug-likeness (QED) is 0.353. The second-order valence-corrected chi connectivity index (χ2v) is 12.2. The Bertz CT molecular complexity index is 1700. The number of hydrogen-bond acceptors (Lipinski definition) is 7. The van der Waals surface area contributed by atoms with Crippen molar-refractivity contribution >= 4 is 43.6 Å². The molecule has 2 aromatic carbocycles. The molecule has 2 aromatic heterocycles. The molecule has 3 heterocycles. The minimum atomic E-state index is -3.54.